The second kappa shape index (κ2) is 61.2. The van der Waals surface area contributed by atoms with Gasteiger partial charge in [-0.15, -0.1) is 0 Å². The maximum atomic E-state index is 12.8. The van der Waals surface area contributed by atoms with Gasteiger partial charge in [-0.2, -0.15) is 0 Å². The Bertz CT molecular complexity index is 1210. The van der Waals surface area contributed by atoms with E-state index in [0.717, 1.165) is 64.2 Å². The Labute approximate surface area is 448 Å². The minimum Gasteiger partial charge on any atom is -0.462 e. The first-order valence-corrected chi connectivity index (χ1v) is 32.0. The molecule has 0 aliphatic rings. The van der Waals surface area contributed by atoms with Gasteiger partial charge >= 0.3 is 17.9 Å². The molecule has 6 heteroatoms. The summed E-state index contributed by atoms with van der Waals surface area (Å²) in [6.07, 6.45) is 74.9. The molecule has 0 aliphatic carbocycles. The third-order valence-corrected chi connectivity index (χ3v) is 14.4. The van der Waals surface area contributed by atoms with Gasteiger partial charge in [-0.05, 0) is 77.0 Å². The number of carbonyl (C=O) groups is 3. The molecule has 0 aliphatic heterocycles. The van der Waals surface area contributed by atoms with E-state index in [2.05, 4.69) is 57.2 Å². The number of hydrogen-bond donors (Lipinski definition) is 0. The number of carbonyl (C=O) groups excluding carboxylic acids is 3. The maximum absolute atomic E-state index is 12.8. The SMILES string of the molecule is CCCCCCC/C=C\C/C=C\CCCCCCCCCCCCCCCCCCCCCC(=O)OCC(COC(=O)CCCCCCCC)OC(=O)CCCCCCCCC/C=C\CCCCCCCC. The lowest BCUT2D eigenvalue weighted by molar-refractivity contribution is -0.167. The largest absolute Gasteiger partial charge is 0.462 e. The molecule has 0 amide bonds. The van der Waals surface area contributed by atoms with Crippen molar-refractivity contribution in [2.45, 2.75) is 354 Å². The van der Waals surface area contributed by atoms with E-state index < -0.39 is 6.10 Å². The number of esters is 3. The molecular weight excluding hydrogens is 889 g/mol. The molecule has 0 heterocycles. The van der Waals surface area contributed by atoms with Gasteiger partial charge in [0.05, 0.1) is 0 Å². The van der Waals surface area contributed by atoms with E-state index in [1.807, 2.05) is 0 Å². The van der Waals surface area contributed by atoms with E-state index >= 15 is 0 Å². The van der Waals surface area contributed by atoms with Gasteiger partial charge in [0, 0.05) is 19.3 Å². The van der Waals surface area contributed by atoms with Crippen molar-refractivity contribution in [3.05, 3.63) is 36.5 Å². The first-order chi connectivity index (χ1) is 35.5. The lowest BCUT2D eigenvalue weighted by Gasteiger charge is -2.18. The van der Waals surface area contributed by atoms with Gasteiger partial charge < -0.3 is 14.2 Å². The number of hydrogen-bond acceptors (Lipinski definition) is 6. The van der Waals surface area contributed by atoms with Crippen LogP contribution in [0.2, 0.25) is 0 Å². The molecule has 0 aromatic carbocycles. The molecule has 6 nitrogen and oxygen atoms in total. The van der Waals surface area contributed by atoms with Crippen LogP contribution < -0.4 is 0 Å². The molecule has 0 spiro atoms. The molecule has 0 N–H and O–H groups in total. The summed E-state index contributed by atoms with van der Waals surface area (Å²) >= 11 is 0. The number of unbranched alkanes of at least 4 members (excludes halogenated alkanes) is 42. The zero-order valence-electron chi connectivity index (χ0n) is 48.5. The second-order valence-electron chi connectivity index (χ2n) is 21.7. The van der Waals surface area contributed by atoms with Gasteiger partial charge in [0.2, 0.25) is 0 Å². The van der Waals surface area contributed by atoms with Crippen LogP contribution in [0.3, 0.4) is 0 Å². The third-order valence-electron chi connectivity index (χ3n) is 14.4. The first kappa shape index (κ1) is 69.6. The quantitative estimate of drug-likeness (QED) is 0.0261. The molecule has 0 aromatic rings. The highest BCUT2D eigenvalue weighted by molar-refractivity contribution is 5.71. The topological polar surface area (TPSA) is 78.9 Å². The van der Waals surface area contributed by atoms with Gasteiger partial charge in [0.25, 0.3) is 0 Å². The van der Waals surface area contributed by atoms with Crippen LogP contribution in [0.1, 0.15) is 348 Å². The van der Waals surface area contributed by atoms with Crippen molar-refractivity contribution in [1.82, 2.24) is 0 Å². The zero-order valence-corrected chi connectivity index (χ0v) is 48.5. The second-order valence-corrected chi connectivity index (χ2v) is 21.7. The predicted molar refractivity (Wildman–Crippen MR) is 312 cm³/mol. The summed E-state index contributed by atoms with van der Waals surface area (Å²) in [4.78, 5) is 37.9. The number of ether oxygens (including phenoxy) is 3. The van der Waals surface area contributed by atoms with Crippen LogP contribution >= 0.6 is 0 Å². The van der Waals surface area contributed by atoms with Gasteiger partial charge in [0.15, 0.2) is 6.10 Å². The minimum absolute atomic E-state index is 0.0695. The summed E-state index contributed by atoms with van der Waals surface area (Å²) in [6.45, 7) is 6.61. The fourth-order valence-electron chi connectivity index (χ4n) is 9.53. The summed E-state index contributed by atoms with van der Waals surface area (Å²) in [6, 6.07) is 0. The highest BCUT2D eigenvalue weighted by Crippen LogP contribution is 2.17. The van der Waals surface area contributed by atoms with Crippen molar-refractivity contribution in [3.63, 3.8) is 0 Å². The molecular formula is C66H122O6. The molecule has 1 unspecified atom stereocenters. The van der Waals surface area contributed by atoms with E-state index in [9.17, 15) is 14.4 Å². The van der Waals surface area contributed by atoms with Crippen molar-refractivity contribution < 1.29 is 28.6 Å². The van der Waals surface area contributed by atoms with E-state index in [1.165, 1.54) is 244 Å². The Morgan fingerprint density at radius 2 is 0.500 bits per heavy atom. The maximum Gasteiger partial charge on any atom is 0.306 e. The van der Waals surface area contributed by atoms with Crippen molar-refractivity contribution in [3.8, 4) is 0 Å². The Morgan fingerprint density at radius 1 is 0.278 bits per heavy atom. The van der Waals surface area contributed by atoms with E-state index in [1.54, 1.807) is 0 Å². The average Bonchev–Trinajstić information content (AvgIpc) is 3.38. The fraction of sp³-hybridized carbons (Fsp3) is 0.864. The molecule has 0 saturated carbocycles. The molecule has 0 rings (SSSR count). The zero-order chi connectivity index (χ0) is 52.2. The van der Waals surface area contributed by atoms with Crippen molar-refractivity contribution in [1.29, 1.82) is 0 Å². The summed E-state index contributed by atoms with van der Waals surface area (Å²) in [5.74, 6) is -0.865. The normalized spacial score (nSPS) is 12.2. The Morgan fingerprint density at radius 3 is 0.778 bits per heavy atom. The number of allylic oxidation sites excluding steroid dienone is 6. The molecule has 72 heavy (non-hydrogen) atoms. The van der Waals surface area contributed by atoms with Crippen LogP contribution in [0.4, 0.5) is 0 Å². The first-order valence-electron chi connectivity index (χ1n) is 32.0. The lowest BCUT2D eigenvalue weighted by Crippen LogP contribution is -2.30. The highest BCUT2D eigenvalue weighted by atomic mass is 16.6. The van der Waals surface area contributed by atoms with E-state index in [4.69, 9.17) is 14.2 Å². The third kappa shape index (κ3) is 58.5. The monoisotopic (exact) mass is 1010 g/mol. The standard InChI is InChI=1S/C66H122O6/c1-4-7-10-13-16-18-20-22-24-26-27-28-29-30-31-32-33-34-35-36-37-38-39-41-42-44-46-48-50-53-56-59-65(68)71-62-63(61-70-64(67)58-55-52-15-12-9-6-3)72-66(69)60-57-54-51-49-47-45-43-40-25-23-21-19-17-14-11-8-5-2/h20,22-23,25-27,63H,4-19,21,24,28-62H2,1-3H3/b22-20-,25-23-,27-26-. The Balaban J connectivity index is 3.97. The molecule has 422 valence electrons. The lowest BCUT2D eigenvalue weighted by atomic mass is 10.0. The smallest absolute Gasteiger partial charge is 0.306 e. The molecule has 0 aromatic heterocycles. The fourth-order valence-corrected chi connectivity index (χ4v) is 9.53. The van der Waals surface area contributed by atoms with Crippen LogP contribution in [0, 0.1) is 0 Å². The Kier molecular flexibility index (Phi) is 59.2. The summed E-state index contributed by atoms with van der Waals surface area (Å²) in [5, 5.41) is 0. The molecule has 0 bridgehead atoms. The Hall–Kier alpha value is -2.37. The van der Waals surface area contributed by atoms with Gasteiger partial charge in [-0.1, -0.05) is 288 Å². The van der Waals surface area contributed by atoms with Crippen molar-refractivity contribution >= 4 is 17.9 Å². The van der Waals surface area contributed by atoms with Crippen LogP contribution in [0.5, 0.6) is 0 Å². The summed E-state index contributed by atoms with van der Waals surface area (Å²) in [5.41, 5.74) is 0. The van der Waals surface area contributed by atoms with Gasteiger partial charge in [-0.25, -0.2) is 0 Å². The van der Waals surface area contributed by atoms with E-state index in [0.29, 0.717) is 19.3 Å². The predicted octanol–water partition coefficient (Wildman–Crippen LogP) is 21.6. The average molecular weight is 1010 g/mol. The minimum atomic E-state index is -0.768. The van der Waals surface area contributed by atoms with Crippen LogP contribution in [0.25, 0.3) is 0 Å². The number of rotatable bonds is 59. The van der Waals surface area contributed by atoms with Crippen molar-refractivity contribution in [2.24, 2.45) is 0 Å². The van der Waals surface area contributed by atoms with Gasteiger partial charge in [-0.3, -0.25) is 14.4 Å². The van der Waals surface area contributed by atoms with Crippen LogP contribution in [0.15, 0.2) is 36.5 Å². The summed E-state index contributed by atoms with van der Waals surface area (Å²) < 4.78 is 16.8. The van der Waals surface area contributed by atoms with Gasteiger partial charge in [0.1, 0.15) is 13.2 Å². The van der Waals surface area contributed by atoms with Crippen LogP contribution in [-0.2, 0) is 28.6 Å². The highest BCUT2D eigenvalue weighted by Gasteiger charge is 2.19. The molecule has 0 saturated heterocycles. The summed E-state index contributed by atoms with van der Waals surface area (Å²) in [7, 11) is 0. The van der Waals surface area contributed by atoms with Crippen molar-refractivity contribution in [2.75, 3.05) is 13.2 Å². The van der Waals surface area contributed by atoms with Crippen LogP contribution in [-0.4, -0.2) is 37.2 Å². The molecule has 0 radical (unpaired) electrons. The van der Waals surface area contributed by atoms with E-state index in [-0.39, 0.29) is 31.1 Å². The molecule has 1 atom stereocenters. The molecule has 0 fully saturated rings.